The van der Waals surface area contributed by atoms with Crippen LogP contribution in [0, 0.1) is 6.92 Å². The quantitative estimate of drug-likeness (QED) is 0.363. The molecule has 0 aromatic heterocycles. The minimum atomic E-state index is -1.07. The Morgan fingerprint density at radius 2 is 1.33 bits per heavy atom. The molecule has 0 bridgehead atoms. The Bertz CT molecular complexity index is 1360. The third-order valence-electron chi connectivity index (χ3n) is 6.63. The van der Waals surface area contributed by atoms with Gasteiger partial charge in [-0.2, -0.15) is 0 Å². The molecule has 2 heterocycles. The zero-order chi connectivity index (χ0) is 25.7. The van der Waals surface area contributed by atoms with Gasteiger partial charge in [0.25, 0.3) is 17.7 Å². The highest BCUT2D eigenvalue weighted by atomic mass is 35.5. The summed E-state index contributed by atoms with van der Waals surface area (Å²) in [4.78, 5) is 43.0. The highest BCUT2D eigenvalue weighted by molar-refractivity contribution is 6.31. The molecule has 2 aliphatic heterocycles. The van der Waals surface area contributed by atoms with Crippen molar-refractivity contribution in [1.82, 2.24) is 4.90 Å². The smallest absolute Gasteiger partial charge is 0.262 e. The van der Waals surface area contributed by atoms with E-state index < -0.39 is 29.8 Å². The molecule has 8 nitrogen and oxygen atoms in total. The Labute approximate surface area is 212 Å². The zero-order valence-corrected chi connectivity index (χ0v) is 20.8. The van der Waals surface area contributed by atoms with Crippen LogP contribution in [-0.2, 0) is 4.79 Å². The Balaban J connectivity index is 1.68. The number of hydrogen-bond acceptors (Lipinski definition) is 6. The number of amides is 3. The predicted molar refractivity (Wildman–Crippen MR) is 133 cm³/mol. The van der Waals surface area contributed by atoms with Gasteiger partial charge in [0.15, 0.2) is 11.5 Å². The number of methoxy groups -OCH3 is 3. The van der Waals surface area contributed by atoms with Gasteiger partial charge in [-0.05, 0) is 54.4 Å². The molecule has 36 heavy (non-hydrogen) atoms. The first-order valence-corrected chi connectivity index (χ1v) is 11.6. The number of fused-ring (bicyclic) bond motifs is 1. The lowest BCUT2D eigenvalue weighted by Crippen LogP contribution is -2.67. The van der Waals surface area contributed by atoms with Crippen molar-refractivity contribution in [3.63, 3.8) is 0 Å². The number of ether oxygens (including phenoxy) is 3. The van der Waals surface area contributed by atoms with Crippen LogP contribution in [0.1, 0.15) is 37.9 Å². The number of aryl methyl sites for hydroxylation is 1. The highest BCUT2D eigenvalue weighted by Gasteiger charge is 2.57. The maximum atomic E-state index is 13.7. The molecule has 2 atom stereocenters. The molecule has 0 spiro atoms. The fraction of sp³-hybridized carbons (Fsp3) is 0.222. The standard InChI is InChI=1S/C27H23ClN2O6/c1-14-9-10-16(28)13-19(14)29-22(15-11-20(34-2)24(36-4)21(12-15)35-3)23(27(29)33)30-25(31)17-7-5-6-8-18(17)26(30)32/h5-13,22-23H,1-4H3/t22-,23-/m0/s1. The summed E-state index contributed by atoms with van der Waals surface area (Å²) in [5.74, 6) is -0.251. The molecule has 1 saturated heterocycles. The van der Waals surface area contributed by atoms with Gasteiger partial charge in [-0.25, -0.2) is 0 Å². The van der Waals surface area contributed by atoms with E-state index in [9.17, 15) is 14.4 Å². The lowest BCUT2D eigenvalue weighted by Gasteiger charge is -2.50. The van der Waals surface area contributed by atoms with Crippen LogP contribution in [0.25, 0.3) is 0 Å². The van der Waals surface area contributed by atoms with Crippen molar-refractivity contribution >= 4 is 35.0 Å². The van der Waals surface area contributed by atoms with Crippen LogP contribution in [-0.4, -0.2) is 50.0 Å². The molecule has 0 N–H and O–H groups in total. The van der Waals surface area contributed by atoms with Gasteiger partial charge in [0.2, 0.25) is 5.75 Å². The number of rotatable bonds is 6. The van der Waals surface area contributed by atoms with Crippen LogP contribution in [0.3, 0.4) is 0 Å². The van der Waals surface area contributed by atoms with Gasteiger partial charge in [0.1, 0.15) is 6.04 Å². The van der Waals surface area contributed by atoms with E-state index in [0.717, 1.165) is 10.5 Å². The van der Waals surface area contributed by atoms with Crippen molar-refractivity contribution in [2.75, 3.05) is 26.2 Å². The Kier molecular flexibility index (Phi) is 5.84. The molecule has 0 unspecified atom stereocenters. The fourth-order valence-electron chi connectivity index (χ4n) is 4.90. The van der Waals surface area contributed by atoms with Crippen LogP contribution in [0.15, 0.2) is 54.6 Å². The van der Waals surface area contributed by atoms with Crippen molar-refractivity contribution in [3.8, 4) is 17.2 Å². The molecule has 9 heteroatoms. The summed E-state index contributed by atoms with van der Waals surface area (Å²) in [6.45, 7) is 1.86. The number of anilines is 1. The summed E-state index contributed by atoms with van der Waals surface area (Å²) >= 11 is 6.28. The molecule has 3 aromatic rings. The molecule has 0 aliphatic carbocycles. The minimum Gasteiger partial charge on any atom is -0.493 e. The van der Waals surface area contributed by atoms with E-state index >= 15 is 0 Å². The Morgan fingerprint density at radius 3 is 1.86 bits per heavy atom. The molecule has 0 saturated carbocycles. The second-order valence-corrected chi connectivity index (χ2v) is 8.95. The average molecular weight is 507 g/mol. The van der Waals surface area contributed by atoms with Gasteiger partial charge < -0.3 is 19.1 Å². The summed E-state index contributed by atoms with van der Waals surface area (Å²) in [5, 5.41) is 0.455. The van der Waals surface area contributed by atoms with E-state index in [0.29, 0.717) is 33.5 Å². The fourth-order valence-corrected chi connectivity index (χ4v) is 5.07. The van der Waals surface area contributed by atoms with Crippen LogP contribution < -0.4 is 19.1 Å². The van der Waals surface area contributed by atoms with E-state index in [1.165, 1.54) is 21.3 Å². The van der Waals surface area contributed by atoms with Gasteiger partial charge in [0.05, 0.1) is 38.5 Å². The van der Waals surface area contributed by atoms with E-state index in [1.54, 1.807) is 53.4 Å². The molecular weight excluding hydrogens is 484 g/mol. The maximum Gasteiger partial charge on any atom is 0.262 e. The number of carbonyl (C=O) groups is 3. The topological polar surface area (TPSA) is 85.4 Å². The number of benzene rings is 3. The summed E-state index contributed by atoms with van der Waals surface area (Å²) in [5.41, 5.74) is 2.54. The Morgan fingerprint density at radius 1 is 0.750 bits per heavy atom. The van der Waals surface area contributed by atoms with Gasteiger partial charge in [-0.15, -0.1) is 0 Å². The number of hydrogen-bond donors (Lipinski definition) is 0. The van der Waals surface area contributed by atoms with Gasteiger partial charge in [-0.3, -0.25) is 19.3 Å². The van der Waals surface area contributed by atoms with Crippen molar-refractivity contribution in [2.45, 2.75) is 19.0 Å². The second-order valence-electron chi connectivity index (χ2n) is 8.51. The molecule has 5 rings (SSSR count). The number of β-lactam (4-membered cyclic amide) rings is 1. The third kappa shape index (κ3) is 3.40. The van der Waals surface area contributed by atoms with E-state index in [-0.39, 0.29) is 11.1 Å². The number of halogens is 1. The van der Waals surface area contributed by atoms with E-state index in [1.807, 2.05) is 13.0 Å². The summed E-state index contributed by atoms with van der Waals surface area (Å²) in [6.07, 6.45) is 0. The highest BCUT2D eigenvalue weighted by Crippen LogP contribution is 2.49. The van der Waals surface area contributed by atoms with Crippen molar-refractivity contribution in [2.24, 2.45) is 0 Å². The van der Waals surface area contributed by atoms with Crippen LogP contribution in [0.2, 0.25) is 5.02 Å². The largest absolute Gasteiger partial charge is 0.493 e. The number of nitrogens with zero attached hydrogens (tertiary/aromatic N) is 2. The number of carbonyl (C=O) groups excluding carboxylic acids is 3. The monoisotopic (exact) mass is 506 g/mol. The van der Waals surface area contributed by atoms with Crippen LogP contribution >= 0.6 is 11.6 Å². The first-order chi connectivity index (χ1) is 17.3. The SMILES string of the molecule is COc1cc([C@H]2[C@H](N3C(=O)c4ccccc4C3=O)C(=O)N2c2cc(Cl)ccc2C)cc(OC)c1OC. The van der Waals surface area contributed by atoms with Crippen LogP contribution in [0.4, 0.5) is 5.69 Å². The van der Waals surface area contributed by atoms with Crippen molar-refractivity contribution in [3.05, 3.63) is 81.9 Å². The molecular formula is C27H23ClN2O6. The van der Waals surface area contributed by atoms with Gasteiger partial charge >= 0.3 is 0 Å². The summed E-state index contributed by atoms with van der Waals surface area (Å²) < 4.78 is 16.5. The van der Waals surface area contributed by atoms with Crippen LogP contribution in [0.5, 0.6) is 17.2 Å². The zero-order valence-electron chi connectivity index (χ0n) is 20.1. The lowest BCUT2D eigenvalue weighted by atomic mass is 9.85. The molecule has 2 aliphatic rings. The normalized spacial score (nSPS) is 18.8. The summed E-state index contributed by atoms with van der Waals surface area (Å²) in [6, 6.07) is 13.4. The second kappa shape index (κ2) is 8.87. The molecule has 3 aromatic carbocycles. The molecule has 3 amide bonds. The van der Waals surface area contributed by atoms with E-state index in [2.05, 4.69) is 0 Å². The van der Waals surface area contributed by atoms with E-state index in [4.69, 9.17) is 25.8 Å². The number of imide groups is 1. The first-order valence-electron chi connectivity index (χ1n) is 11.2. The van der Waals surface area contributed by atoms with Crippen molar-refractivity contribution < 1.29 is 28.6 Å². The first kappa shape index (κ1) is 23.7. The van der Waals surface area contributed by atoms with Crippen molar-refractivity contribution in [1.29, 1.82) is 0 Å². The Hall–Kier alpha value is -4.04. The predicted octanol–water partition coefficient (Wildman–Crippen LogP) is 4.43. The molecule has 1 fully saturated rings. The third-order valence-corrected chi connectivity index (χ3v) is 6.87. The lowest BCUT2D eigenvalue weighted by molar-refractivity contribution is -0.130. The van der Waals surface area contributed by atoms with Gasteiger partial charge in [0, 0.05) is 10.7 Å². The summed E-state index contributed by atoms with van der Waals surface area (Å²) in [7, 11) is 4.48. The molecule has 184 valence electrons. The average Bonchev–Trinajstić information content (AvgIpc) is 3.13. The maximum absolute atomic E-state index is 13.7. The molecule has 0 radical (unpaired) electrons. The minimum absolute atomic E-state index is 0.274. The van der Waals surface area contributed by atoms with Gasteiger partial charge in [-0.1, -0.05) is 29.8 Å².